The molecule has 0 aliphatic heterocycles. The minimum atomic E-state index is -0.0285. The van der Waals surface area contributed by atoms with E-state index in [4.69, 9.17) is 0 Å². The summed E-state index contributed by atoms with van der Waals surface area (Å²) in [5.74, 6) is 0. The van der Waals surface area contributed by atoms with Gasteiger partial charge in [-0.25, -0.2) is 0 Å². The van der Waals surface area contributed by atoms with E-state index in [9.17, 15) is 4.79 Å². The Kier molecular flexibility index (Phi) is 3.40. The topological polar surface area (TPSA) is 58.6 Å². The van der Waals surface area contributed by atoms with E-state index in [0.717, 1.165) is 43.2 Å². The molecule has 0 unspecified atom stereocenters. The number of hydrogen-bond acceptors (Lipinski definition) is 4. The molecule has 124 valence electrons. The molecule has 26 heavy (non-hydrogen) atoms. The Hall–Kier alpha value is -3.31. The molecular weight excluding hydrogens is 342 g/mol. The summed E-state index contributed by atoms with van der Waals surface area (Å²) < 4.78 is 3.75. The van der Waals surface area contributed by atoms with Crippen LogP contribution in [0.4, 0.5) is 0 Å². The predicted molar refractivity (Wildman–Crippen MR) is 106 cm³/mol. The molecule has 2 aromatic carbocycles. The lowest BCUT2D eigenvalue weighted by atomic mass is 9.98. The van der Waals surface area contributed by atoms with Crippen LogP contribution in [0.25, 0.3) is 43.2 Å². The molecule has 3 heterocycles. The lowest BCUT2D eigenvalue weighted by molar-refractivity contribution is 1.33. The molecule has 5 aromatic rings. The van der Waals surface area contributed by atoms with Crippen LogP contribution in [-0.4, -0.2) is 14.3 Å². The van der Waals surface area contributed by atoms with Crippen LogP contribution < -0.4 is 5.56 Å². The molecule has 1 N–H and O–H groups in total. The summed E-state index contributed by atoms with van der Waals surface area (Å²) in [6.07, 6.45) is 5.43. The maximum Gasteiger partial charge on any atom is 0.265 e. The molecule has 0 fully saturated rings. The van der Waals surface area contributed by atoms with Crippen molar-refractivity contribution in [1.82, 2.24) is 14.3 Å². The third-order valence-corrected chi connectivity index (χ3v) is 5.39. The van der Waals surface area contributed by atoms with E-state index >= 15 is 0 Å². The van der Waals surface area contributed by atoms with Crippen molar-refractivity contribution in [3.63, 3.8) is 0 Å². The molecule has 0 amide bonds. The molecule has 0 aliphatic rings. The van der Waals surface area contributed by atoms with Gasteiger partial charge in [-0.05, 0) is 64.7 Å². The number of fused-ring (bicyclic) bond motifs is 2. The summed E-state index contributed by atoms with van der Waals surface area (Å²) in [7, 11) is 0. The number of rotatable bonds is 2. The molecule has 3 aromatic heterocycles. The Balaban J connectivity index is 1.72. The lowest BCUT2D eigenvalue weighted by Gasteiger charge is -2.09. The molecule has 0 saturated carbocycles. The first-order valence-corrected chi connectivity index (χ1v) is 9.02. The molecule has 4 nitrogen and oxygen atoms in total. The third-order valence-electron chi connectivity index (χ3n) is 4.55. The van der Waals surface area contributed by atoms with Gasteiger partial charge in [-0.15, -0.1) is 0 Å². The Morgan fingerprint density at radius 3 is 2.46 bits per heavy atom. The number of aromatic amines is 1. The van der Waals surface area contributed by atoms with E-state index in [1.165, 1.54) is 11.5 Å². The van der Waals surface area contributed by atoms with Crippen molar-refractivity contribution in [3.05, 3.63) is 83.5 Å². The van der Waals surface area contributed by atoms with Crippen molar-refractivity contribution in [2.45, 2.75) is 0 Å². The van der Waals surface area contributed by atoms with Crippen molar-refractivity contribution in [2.75, 3.05) is 0 Å². The number of H-pyrrole nitrogens is 1. The van der Waals surface area contributed by atoms with E-state index in [0.29, 0.717) is 0 Å². The van der Waals surface area contributed by atoms with Gasteiger partial charge in [0, 0.05) is 24.0 Å². The normalized spacial score (nSPS) is 11.2. The van der Waals surface area contributed by atoms with Crippen LogP contribution in [0.5, 0.6) is 0 Å². The van der Waals surface area contributed by atoms with Gasteiger partial charge in [0.1, 0.15) is 0 Å². The summed E-state index contributed by atoms with van der Waals surface area (Å²) in [6, 6.07) is 18.3. The first-order chi connectivity index (χ1) is 12.8. The largest absolute Gasteiger partial charge is 0.277 e. The van der Waals surface area contributed by atoms with Crippen LogP contribution in [0.2, 0.25) is 0 Å². The Morgan fingerprint density at radius 1 is 0.769 bits per heavy atom. The quantitative estimate of drug-likeness (QED) is 0.492. The summed E-state index contributed by atoms with van der Waals surface area (Å²) in [5, 5.41) is 1.83. The van der Waals surface area contributed by atoms with E-state index in [2.05, 4.69) is 32.5 Å². The Morgan fingerprint density at radius 2 is 1.58 bits per heavy atom. The van der Waals surface area contributed by atoms with Gasteiger partial charge in [0.15, 0.2) is 0 Å². The van der Waals surface area contributed by atoms with Gasteiger partial charge in [0.2, 0.25) is 0 Å². The summed E-state index contributed by atoms with van der Waals surface area (Å²) in [4.78, 5) is 20.3. The monoisotopic (exact) mass is 355 g/mol. The van der Waals surface area contributed by atoms with Gasteiger partial charge in [0.05, 0.1) is 15.6 Å². The van der Waals surface area contributed by atoms with Crippen LogP contribution in [0, 0.1) is 0 Å². The second kappa shape index (κ2) is 5.89. The molecule has 0 bridgehead atoms. The van der Waals surface area contributed by atoms with Gasteiger partial charge in [-0.2, -0.15) is 0 Å². The van der Waals surface area contributed by atoms with E-state index < -0.39 is 0 Å². The fourth-order valence-electron chi connectivity index (χ4n) is 3.24. The molecule has 0 atom stereocenters. The second-order valence-electron chi connectivity index (χ2n) is 6.07. The SMILES string of the molecule is O=c1[nH]sc2cc(-c3ccc4nccc(-c5ccncc5)c4c3)ccc12. The first kappa shape index (κ1) is 15.0. The fourth-order valence-corrected chi connectivity index (χ4v) is 4.01. The standard InChI is InChI=1S/C21H13N3OS/c25-21-17-3-1-15(12-20(17)26-24-21)14-2-4-19-18(11-14)16(7-10-23-19)13-5-8-22-9-6-13/h1-12H,(H,24,25). The lowest BCUT2D eigenvalue weighted by Crippen LogP contribution is -1.95. The Bertz CT molecular complexity index is 1310. The maximum atomic E-state index is 11.7. The zero-order valence-electron chi connectivity index (χ0n) is 13.6. The fraction of sp³-hybridized carbons (Fsp3) is 0. The molecule has 0 saturated heterocycles. The number of nitrogens with zero attached hydrogens (tertiary/aromatic N) is 2. The number of benzene rings is 2. The van der Waals surface area contributed by atoms with Gasteiger partial charge in [0.25, 0.3) is 5.56 Å². The highest BCUT2D eigenvalue weighted by molar-refractivity contribution is 7.13. The average Bonchev–Trinajstić information content (AvgIpc) is 3.08. The number of hydrogen-bond donors (Lipinski definition) is 1. The van der Waals surface area contributed by atoms with Crippen LogP contribution >= 0.6 is 11.5 Å². The number of aromatic nitrogens is 3. The summed E-state index contributed by atoms with van der Waals surface area (Å²) >= 11 is 1.37. The van der Waals surface area contributed by atoms with Crippen molar-refractivity contribution in [2.24, 2.45) is 0 Å². The zero-order valence-corrected chi connectivity index (χ0v) is 14.5. The first-order valence-electron chi connectivity index (χ1n) is 8.20. The van der Waals surface area contributed by atoms with Gasteiger partial charge < -0.3 is 0 Å². The summed E-state index contributed by atoms with van der Waals surface area (Å²) in [5.41, 5.74) is 5.35. The van der Waals surface area contributed by atoms with E-state index in [1.807, 2.05) is 42.6 Å². The highest BCUT2D eigenvalue weighted by Gasteiger charge is 2.08. The van der Waals surface area contributed by atoms with Crippen molar-refractivity contribution < 1.29 is 0 Å². The van der Waals surface area contributed by atoms with E-state index in [-0.39, 0.29) is 5.56 Å². The minimum absolute atomic E-state index is 0.0285. The minimum Gasteiger partial charge on any atom is -0.277 e. The number of pyridine rings is 2. The molecule has 0 spiro atoms. The van der Waals surface area contributed by atoms with Gasteiger partial charge in [-0.1, -0.05) is 23.7 Å². The molecule has 5 rings (SSSR count). The molecular formula is C21H13N3OS. The van der Waals surface area contributed by atoms with Crippen LogP contribution in [0.3, 0.4) is 0 Å². The second-order valence-corrected chi connectivity index (χ2v) is 6.92. The van der Waals surface area contributed by atoms with Crippen LogP contribution in [0.15, 0.2) is 78.0 Å². The van der Waals surface area contributed by atoms with Crippen LogP contribution in [-0.2, 0) is 0 Å². The maximum absolute atomic E-state index is 11.7. The molecule has 0 radical (unpaired) electrons. The smallest absolute Gasteiger partial charge is 0.265 e. The van der Waals surface area contributed by atoms with Gasteiger partial charge in [-0.3, -0.25) is 19.1 Å². The predicted octanol–water partition coefficient (Wildman–Crippen LogP) is 4.87. The molecule has 5 heteroatoms. The zero-order chi connectivity index (χ0) is 17.5. The highest BCUT2D eigenvalue weighted by Crippen LogP contribution is 2.32. The van der Waals surface area contributed by atoms with Gasteiger partial charge >= 0.3 is 0 Å². The highest BCUT2D eigenvalue weighted by atomic mass is 32.1. The summed E-state index contributed by atoms with van der Waals surface area (Å²) in [6.45, 7) is 0. The average molecular weight is 355 g/mol. The van der Waals surface area contributed by atoms with Crippen LogP contribution in [0.1, 0.15) is 0 Å². The van der Waals surface area contributed by atoms with Crippen molar-refractivity contribution in [3.8, 4) is 22.3 Å². The molecule has 0 aliphatic carbocycles. The van der Waals surface area contributed by atoms with E-state index in [1.54, 1.807) is 12.4 Å². The van der Waals surface area contributed by atoms with Crippen molar-refractivity contribution >= 4 is 32.5 Å². The Labute approximate surface area is 153 Å². The van der Waals surface area contributed by atoms with Crippen molar-refractivity contribution in [1.29, 1.82) is 0 Å². The third kappa shape index (κ3) is 2.41. The number of nitrogens with one attached hydrogen (secondary N) is 1.